The van der Waals surface area contributed by atoms with Crippen molar-refractivity contribution in [2.75, 3.05) is 25.5 Å². The number of imidazole rings is 1. The summed E-state index contributed by atoms with van der Waals surface area (Å²) in [6.45, 7) is 1.47. The van der Waals surface area contributed by atoms with E-state index in [0.29, 0.717) is 35.5 Å². The highest BCUT2D eigenvalue weighted by atomic mass is 35.5. The largest absolute Gasteiger partial charge is 0.450 e. The highest BCUT2D eigenvalue weighted by Gasteiger charge is 2.35. The summed E-state index contributed by atoms with van der Waals surface area (Å²) in [6.07, 6.45) is 4.18. The average molecular weight is 573 g/mol. The van der Waals surface area contributed by atoms with Gasteiger partial charge in [-0.05, 0) is 24.1 Å². The lowest BCUT2D eigenvalue weighted by Gasteiger charge is -2.20. The van der Waals surface area contributed by atoms with Crippen LogP contribution in [0.5, 0.6) is 11.5 Å². The lowest BCUT2D eigenvalue weighted by Crippen LogP contribution is -2.24. The second kappa shape index (κ2) is 10.2. The zero-order valence-corrected chi connectivity index (χ0v) is 22.2. The highest BCUT2D eigenvalue weighted by molar-refractivity contribution is 6.36. The van der Waals surface area contributed by atoms with E-state index in [2.05, 4.69) is 25.4 Å². The predicted molar refractivity (Wildman–Crippen MR) is 142 cm³/mol. The van der Waals surface area contributed by atoms with Crippen molar-refractivity contribution in [1.82, 2.24) is 34.0 Å². The van der Waals surface area contributed by atoms with Gasteiger partial charge in [0.1, 0.15) is 16.1 Å². The van der Waals surface area contributed by atoms with E-state index < -0.39 is 11.7 Å². The standard InChI is InChI=1S/C26H24ClF3N8O2/c1-36-23-22(27)21(40-20-12-33-38-8-6-31-10-19(20)38)11-32-24(23)35-25(36)34-16-4-3-15(18(9-16)26(28,29)30)13-37-7-5-17(14-37)39-2/h3-4,6,8-12,17H,5,7,13-14H2,1-2H3,(H,32,34,35). The molecule has 0 bridgehead atoms. The molecule has 1 aliphatic rings. The molecular formula is C26H24ClF3N8O2. The fraction of sp³-hybridized carbons (Fsp3) is 0.308. The van der Waals surface area contributed by atoms with Gasteiger partial charge < -0.3 is 19.4 Å². The van der Waals surface area contributed by atoms with Crippen molar-refractivity contribution in [3.63, 3.8) is 0 Å². The summed E-state index contributed by atoms with van der Waals surface area (Å²) >= 11 is 6.68. The van der Waals surface area contributed by atoms with Crippen molar-refractivity contribution in [2.45, 2.75) is 25.2 Å². The monoisotopic (exact) mass is 572 g/mol. The molecule has 6 rings (SSSR count). The summed E-state index contributed by atoms with van der Waals surface area (Å²) in [4.78, 5) is 14.8. The zero-order chi connectivity index (χ0) is 28.0. The maximum atomic E-state index is 14.0. The van der Waals surface area contributed by atoms with E-state index in [9.17, 15) is 13.2 Å². The Kier molecular flexibility index (Phi) is 6.72. The number of fused-ring (bicyclic) bond motifs is 2. The Morgan fingerprint density at radius 2 is 2.02 bits per heavy atom. The zero-order valence-electron chi connectivity index (χ0n) is 21.5. The maximum Gasteiger partial charge on any atom is 0.416 e. The highest BCUT2D eigenvalue weighted by Crippen LogP contribution is 2.38. The topological polar surface area (TPSA) is 94.6 Å². The van der Waals surface area contributed by atoms with E-state index in [4.69, 9.17) is 21.1 Å². The van der Waals surface area contributed by atoms with Crippen molar-refractivity contribution in [3.8, 4) is 11.5 Å². The number of aryl methyl sites for hydroxylation is 1. The molecule has 1 atom stereocenters. The van der Waals surface area contributed by atoms with E-state index in [-0.39, 0.29) is 40.6 Å². The van der Waals surface area contributed by atoms with Gasteiger partial charge in [0.25, 0.3) is 0 Å². The van der Waals surface area contributed by atoms with Gasteiger partial charge >= 0.3 is 6.18 Å². The maximum absolute atomic E-state index is 14.0. The molecule has 0 radical (unpaired) electrons. The third-order valence-electron chi connectivity index (χ3n) is 6.94. The summed E-state index contributed by atoms with van der Waals surface area (Å²) in [5.41, 5.74) is 1.13. The Labute approximate surface area is 231 Å². The van der Waals surface area contributed by atoms with Crippen molar-refractivity contribution < 1.29 is 22.6 Å². The van der Waals surface area contributed by atoms with Crippen LogP contribution in [0, 0.1) is 0 Å². The lowest BCUT2D eigenvalue weighted by molar-refractivity contribution is -0.138. The Hall–Kier alpha value is -3.94. The number of anilines is 2. The number of nitrogens with one attached hydrogen (secondary N) is 1. The minimum atomic E-state index is -4.52. The van der Waals surface area contributed by atoms with Crippen molar-refractivity contribution in [1.29, 1.82) is 0 Å². The predicted octanol–water partition coefficient (Wildman–Crippen LogP) is 5.44. The van der Waals surface area contributed by atoms with Gasteiger partial charge in [0, 0.05) is 51.9 Å². The molecule has 1 fully saturated rings. The number of ether oxygens (including phenoxy) is 2. The fourth-order valence-corrected chi connectivity index (χ4v) is 5.16. The van der Waals surface area contributed by atoms with E-state index in [0.717, 1.165) is 12.5 Å². The molecule has 5 heterocycles. The first-order chi connectivity index (χ1) is 19.2. The first kappa shape index (κ1) is 26.3. The SMILES string of the molecule is COC1CCN(Cc2ccc(Nc3nc4ncc(Oc5cnn6ccncc56)c(Cl)c4n3C)cc2C(F)(F)F)C1. The molecule has 1 saturated heterocycles. The molecule has 14 heteroatoms. The number of hydrogen-bond acceptors (Lipinski definition) is 8. The van der Waals surface area contributed by atoms with Gasteiger partial charge in [-0.2, -0.15) is 23.3 Å². The number of alkyl halides is 3. The summed E-state index contributed by atoms with van der Waals surface area (Å²) in [7, 11) is 3.31. The van der Waals surface area contributed by atoms with Crippen LogP contribution in [0.1, 0.15) is 17.5 Å². The number of likely N-dealkylation sites (tertiary alicyclic amines) is 1. The van der Waals surface area contributed by atoms with Gasteiger partial charge in [-0.25, -0.2) is 9.50 Å². The first-order valence-electron chi connectivity index (χ1n) is 12.4. The molecule has 1 N–H and O–H groups in total. The molecule has 1 aliphatic heterocycles. The summed E-state index contributed by atoms with van der Waals surface area (Å²) in [5.74, 6) is 0.969. The third kappa shape index (κ3) is 4.91. The van der Waals surface area contributed by atoms with Crippen LogP contribution in [0.15, 0.2) is 49.2 Å². The van der Waals surface area contributed by atoms with Gasteiger partial charge in [0.2, 0.25) is 5.95 Å². The van der Waals surface area contributed by atoms with Crippen LogP contribution in [-0.2, 0) is 24.5 Å². The number of hydrogen-bond donors (Lipinski definition) is 1. The molecular weight excluding hydrogens is 549 g/mol. The van der Waals surface area contributed by atoms with Gasteiger partial charge in [-0.3, -0.25) is 9.88 Å². The molecule has 0 saturated carbocycles. The van der Waals surface area contributed by atoms with Gasteiger partial charge in [0.05, 0.1) is 30.3 Å². The average Bonchev–Trinajstić information content (AvgIpc) is 3.64. The number of benzene rings is 1. The molecule has 0 amide bonds. The van der Waals surface area contributed by atoms with Gasteiger partial charge in [0.15, 0.2) is 17.1 Å². The second-order valence-electron chi connectivity index (χ2n) is 9.50. The number of nitrogens with zero attached hydrogens (tertiary/aromatic N) is 7. The van der Waals surface area contributed by atoms with Crippen LogP contribution in [0.2, 0.25) is 5.02 Å². The minimum Gasteiger partial charge on any atom is -0.450 e. The van der Waals surface area contributed by atoms with Crippen molar-refractivity contribution >= 4 is 39.9 Å². The normalized spacial score (nSPS) is 16.3. The number of halogens is 4. The Balaban J connectivity index is 1.28. The van der Waals surface area contributed by atoms with Crippen LogP contribution >= 0.6 is 11.6 Å². The number of pyridine rings is 1. The van der Waals surface area contributed by atoms with Gasteiger partial charge in [-0.15, -0.1) is 0 Å². The number of methoxy groups -OCH3 is 1. The van der Waals surface area contributed by atoms with E-state index in [1.807, 2.05) is 4.90 Å². The van der Waals surface area contributed by atoms with E-state index in [1.54, 1.807) is 47.9 Å². The van der Waals surface area contributed by atoms with Crippen molar-refractivity contribution in [3.05, 3.63) is 65.3 Å². The molecule has 1 unspecified atom stereocenters. The Morgan fingerprint density at radius 1 is 1.18 bits per heavy atom. The Morgan fingerprint density at radius 3 is 2.80 bits per heavy atom. The van der Waals surface area contributed by atoms with Gasteiger partial charge in [-0.1, -0.05) is 17.7 Å². The minimum absolute atomic E-state index is 0.0378. The summed E-state index contributed by atoms with van der Waals surface area (Å²) in [6, 6.07) is 4.20. The van der Waals surface area contributed by atoms with Crippen molar-refractivity contribution in [2.24, 2.45) is 7.05 Å². The lowest BCUT2D eigenvalue weighted by atomic mass is 10.1. The number of aromatic nitrogens is 6. The van der Waals surface area contributed by atoms with Crippen LogP contribution < -0.4 is 10.1 Å². The smallest absolute Gasteiger partial charge is 0.416 e. The second-order valence-corrected chi connectivity index (χ2v) is 9.87. The fourth-order valence-electron chi connectivity index (χ4n) is 4.86. The molecule has 1 aromatic carbocycles. The van der Waals surface area contributed by atoms with Crippen LogP contribution in [0.25, 0.3) is 16.7 Å². The van der Waals surface area contributed by atoms with Crippen LogP contribution in [-0.4, -0.2) is 60.3 Å². The summed E-state index contributed by atoms with van der Waals surface area (Å²) < 4.78 is 56.7. The molecule has 10 nitrogen and oxygen atoms in total. The summed E-state index contributed by atoms with van der Waals surface area (Å²) in [5, 5.41) is 7.44. The molecule has 4 aromatic heterocycles. The molecule has 5 aromatic rings. The molecule has 0 spiro atoms. The van der Waals surface area contributed by atoms with E-state index >= 15 is 0 Å². The van der Waals surface area contributed by atoms with Crippen LogP contribution in [0.4, 0.5) is 24.8 Å². The number of rotatable bonds is 7. The van der Waals surface area contributed by atoms with E-state index in [1.165, 1.54) is 18.5 Å². The first-order valence-corrected chi connectivity index (χ1v) is 12.8. The molecule has 40 heavy (non-hydrogen) atoms. The molecule has 208 valence electrons. The third-order valence-corrected chi connectivity index (χ3v) is 7.31. The molecule has 0 aliphatic carbocycles. The van der Waals surface area contributed by atoms with Crippen LogP contribution in [0.3, 0.4) is 0 Å². The quantitative estimate of drug-likeness (QED) is 0.275. The Bertz CT molecular complexity index is 1700.